The van der Waals surface area contributed by atoms with Gasteiger partial charge in [-0.25, -0.2) is 0 Å². The molecule has 0 rings (SSSR count). The maximum absolute atomic E-state index is 9.99. The van der Waals surface area contributed by atoms with E-state index in [1.807, 2.05) is 0 Å². The van der Waals surface area contributed by atoms with E-state index in [4.69, 9.17) is 45.6 Å². The number of hydrogen-bond donors (Lipinski definition) is 6. The first-order valence-corrected chi connectivity index (χ1v) is 5.52. The minimum absolute atomic E-state index is 0. The van der Waals surface area contributed by atoms with Gasteiger partial charge in [0.2, 0.25) is 0 Å². The van der Waals surface area contributed by atoms with Gasteiger partial charge in [-0.15, -0.1) is 0 Å². The van der Waals surface area contributed by atoms with Crippen LogP contribution in [0.1, 0.15) is 39.3 Å². The third kappa shape index (κ3) is 141. The maximum atomic E-state index is 9.99. The number of nitrogens with two attached hydrogens (primary N) is 1. The molecule has 0 spiro atoms. The molecule has 0 aliphatic carbocycles. The first-order valence-electron chi connectivity index (χ1n) is 5.52. The first-order chi connectivity index (χ1) is 9.73. The predicted molar refractivity (Wildman–Crippen MR) is 76.9 cm³/mol. The van der Waals surface area contributed by atoms with Crippen LogP contribution in [0.3, 0.4) is 0 Å². The molecule has 0 aromatic carbocycles. The van der Waals surface area contributed by atoms with E-state index in [-0.39, 0.29) is 137 Å². The van der Waals surface area contributed by atoms with Gasteiger partial charge < -0.3 is 37.0 Å². The van der Waals surface area contributed by atoms with E-state index < -0.39 is 35.9 Å². The molecule has 0 saturated heterocycles. The monoisotopic (exact) mass is 423 g/mol. The van der Waals surface area contributed by atoms with Gasteiger partial charge in [-0.1, -0.05) is 0 Å². The Morgan fingerprint density at radius 3 is 1.04 bits per heavy atom. The maximum Gasteiger partial charge on any atom is 1.00 e. The molecule has 1 unspecified atom stereocenters. The zero-order valence-electron chi connectivity index (χ0n) is 20.3. The van der Waals surface area contributed by atoms with Crippen molar-refractivity contribution in [3.63, 3.8) is 0 Å². The average molecular weight is 423 g/mol. The summed E-state index contributed by atoms with van der Waals surface area (Å²) in [7, 11) is 0. The smallest absolute Gasteiger partial charge is 1.00 e. The van der Waals surface area contributed by atoms with Gasteiger partial charge in [0.1, 0.15) is 6.04 Å². The second-order valence-electron chi connectivity index (χ2n) is 3.43. The van der Waals surface area contributed by atoms with E-state index in [0.29, 0.717) is 0 Å². The standard InChI is InChI=1S/C5H9NO4.3C2H4O2.4Na.4H/c6-3(5(9)10)1-2-4(7)8;3*1-2(3)4;;;;;;;;/h3H,1-2,6H2,(H,7,8)(H,9,10);3*1H3,(H,3,4);;;;;;;;/q;;;;4*+1;4*-1. The van der Waals surface area contributed by atoms with Gasteiger partial charge in [0.15, 0.2) is 0 Å². The second-order valence-corrected chi connectivity index (χ2v) is 3.43. The fraction of sp³-hybridized carbons (Fsp3) is 0.545. The largest absolute Gasteiger partial charge is 1.00 e. The van der Waals surface area contributed by atoms with Crippen molar-refractivity contribution < 1.29 is 173 Å². The molecule has 11 nitrogen and oxygen atoms in total. The van der Waals surface area contributed by atoms with Gasteiger partial charge in [0.25, 0.3) is 17.9 Å². The van der Waals surface area contributed by atoms with Gasteiger partial charge in [0, 0.05) is 27.2 Å². The van der Waals surface area contributed by atoms with Gasteiger partial charge in [-0.3, -0.25) is 24.0 Å². The van der Waals surface area contributed by atoms with Crippen molar-refractivity contribution >= 4 is 29.8 Å². The van der Waals surface area contributed by atoms with E-state index in [1.54, 1.807) is 0 Å². The van der Waals surface area contributed by atoms with Crippen molar-refractivity contribution in [1.29, 1.82) is 0 Å². The van der Waals surface area contributed by atoms with Crippen LogP contribution in [0.15, 0.2) is 0 Å². The fourth-order valence-corrected chi connectivity index (χ4v) is 0.402. The molecule has 0 aliphatic heterocycles. The van der Waals surface area contributed by atoms with Crippen molar-refractivity contribution in [2.24, 2.45) is 5.73 Å². The summed E-state index contributed by atoms with van der Waals surface area (Å²) < 4.78 is 0. The number of hydrogen-bond acceptors (Lipinski definition) is 6. The number of carboxylic acids is 5. The van der Waals surface area contributed by atoms with Gasteiger partial charge in [0.05, 0.1) is 0 Å². The van der Waals surface area contributed by atoms with E-state index in [0.717, 1.165) is 20.8 Å². The number of carboxylic acid groups (broad SMARTS) is 5. The number of rotatable bonds is 4. The molecule has 138 valence electrons. The molecule has 0 bridgehead atoms. The van der Waals surface area contributed by atoms with Crippen LogP contribution >= 0.6 is 0 Å². The average Bonchev–Trinajstić information content (AvgIpc) is 2.22. The van der Waals surface area contributed by atoms with Crippen LogP contribution in [-0.2, 0) is 24.0 Å². The Morgan fingerprint density at radius 1 is 0.731 bits per heavy atom. The Labute approximate surface area is 245 Å². The normalized spacial score (nSPS) is 7.69. The predicted octanol–water partition coefficient (Wildman–Crippen LogP) is -12.0. The molecule has 0 aromatic heterocycles. The minimum Gasteiger partial charge on any atom is -1.00 e. The molecule has 15 heteroatoms. The Kier molecular flexibility index (Phi) is 72.4. The molecule has 0 radical (unpaired) electrons. The van der Waals surface area contributed by atoms with Crippen LogP contribution in [0.2, 0.25) is 0 Å². The number of aliphatic carboxylic acids is 5. The Balaban J connectivity index is -0.0000000143. The van der Waals surface area contributed by atoms with Crippen LogP contribution in [0.5, 0.6) is 0 Å². The molecule has 0 saturated carbocycles. The van der Waals surface area contributed by atoms with Crippen molar-refractivity contribution in [1.82, 2.24) is 0 Å². The summed E-state index contributed by atoms with van der Waals surface area (Å²) in [5.74, 6) is -4.70. The molecule has 0 aromatic rings. The summed E-state index contributed by atoms with van der Waals surface area (Å²) >= 11 is 0. The topological polar surface area (TPSA) is 213 Å². The molecule has 7 N–H and O–H groups in total. The van der Waals surface area contributed by atoms with Gasteiger partial charge >= 0.3 is 130 Å². The third-order valence-corrected chi connectivity index (χ3v) is 0.986. The summed E-state index contributed by atoms with van der Waals surface area (Å²) in [6.07, 6.45) is -0.224. The fourth-order valence-electron chi connectivity index (χ4n) is 0.402. The Bertz CT molecular complexity index is 358. The molecular formula is C11H25NNa4O10. The molecule has 0 aliphatic rings. The molecule has 0 heterocycles. The molecule has 26 heavy (non-hydrogen) atoms. The van der Waals surface area contributed by atoms with E-state index >= 15 is 0 Å². The SMILES string of the molecule is CC(=O)O.CC(=O)O.CC(=O)O.NC(CCC(=O)O)C(=O)O.[H-].[H-].[H-].[H-].[Na+].[Na+].[Na+].[Na+]. The van der Waals surface area contributed by atoms with Crippen molar-refractivity contribution in [3.05, 3.63) is 0 Å². The van der Waals surface area contributed by atoms with Crippen molar-refractivity contribution in [2.45, 2.75) is 39.7 Å². The number of carbonyl (C=O) groups is 5. The van der Waals surface area contributed by atoms with Crippen LogP contribution in [-0.4, -0.2) is 61.4 Å². The Hall–Kier alpha value is 1.31. The van der Waals surface area contributed by atoms with Crippen LogP contribution < -0.4 is 124 Å². The zero-order valence-corrected chi connectivity index (χ0v) is 24.3. The van der Waals surface area contributed by atoms with Crippen molar-refractivity contribution in [3.8, 4) is 0 Å². The minimum atomic E-state index is -1.17. The van der Waals surface area contributed by atoms with E-state index in [2.05, 4.69) is 0 Å². The van der Waals surface area contributed by atoms with Crippen LogP contribution in [0.25, 0.3) is 0 Å². The van der Waals surface area contributed by atoms with Crippen molar-refractivity contribution in [2.75, 3.05) is 0 Å². The summed E-state index contributed by atoms with van der Waals surface area (Å²) in [4.78, 5) is 46.9. The molecule has 0 amide bonds. The van der Waals surface area contributed by atoms with Gasteiger partial charge in [-0.05, 0) is 6.42 Å². The molecule has 0 fully saturated rings. The molecular weight excluding hydrogens is 398 g/mol. The zero-order chi connectivity index (χ0) is 18.9. The third-order valence-electron chi connectivity index (χ3n) is 0.986. The summed E-state index contributed by atoms with van der Waals surface area (Å²) in [6, 6.07) is -1.06. The molecule has 1 atom stereocenters. The Morgan fingerprint density at radius 2 is 0.923 bits per heavy atom. The summed E-state index contributed by atoms with van der Waals surface area (Å²) in [5.41, 5.74) is 5.00. The summed E-state index contributed by atoms with van der Waals surface area (Å²) in [6.45, 7) is 3.25. The summed E-state index contributed by atoms with van der Waals surface area (Å²) in [5, 5.41) is 38.5. The second kappa shape index (κ2) is 37.1. The van der Waals surface area contributed by atoms with Crippen LogP contribution in [0, 0.1) is 0 Å². The first kappa shape index (κ1) is 50.7. The van der Waals surface area contributed by atoms with Gasteiger partial charge in [-0.2, -0.15) is 0 Å². The van der Waals surface area contributed by atoms with Crippen LogP contribution in [0.4, 0.5) is 0 Å². The quantitative estimate of drug-likeness (QED) is 0.234. The van der Waals surface area contributed by atoms with E-state index in [1.165, 1.54) is 0 Å². The van der Waals surface area contributed by atoms with E-state index in [9.17, 15) is 9.59 Å².